The van der Waals surface area contributed by atoms with Gasteiger partial charge >= 0.3 is 0 Å². The molecule has 0 aliphatic carbocycles. The lowest BCUT2D eigenvalue weighted by atomic mass is 10.3. The highest BCUT2D eigenvalue weighted by atomic mass is 16.5. The van der Waals surface area contributed by atoms with Crippen LogP contribution in [-0.2, 0) is 13.2 Å². The average molecular weight is 374 g/mol. The molecule has 0 spiro atoms. The fourth-order valence-electron chi connectivity index (χ4n) is 2.41. The number of hydrogen-bond acceptors (Lipinski definition) is 8. The molecule has 0 bridgehead atoms. The Kier molecular flexibility index (Phi) is 5.19. The van der Waals surface area contributed by atoms with Crippen molar-refractivity contribution in [2.75, 3.05) is 5.32 Å². The molecule has 0 unspecified atom stereocenters. The molecule has 0 fully saturated rings. The molecule has 4 rings (SSSR count). The van der Waals surface area contributed by atoms with E-state index in [1.165, 1.54) is 0 Å². The highest BCUT2D eigenvalue weighted by Gasteiger charge is 2.10. The molecular weight excluding hydrogens is 356 g/mol. The van der Waals surface area contributed by atoms with Gasteiger partial charge in [-0.2, -0.15) is 4.98 Å². The molecule has 0 atom stereocenters. The number of pyridine rings is 1. The van der Waals surface area contributed by atoms with Crippen LogP contribution in [0, 0.1) is 6.92 Å². The fraction of sp³-hybridized carbons (Fsp3) is 0.150. The molecule has 0 radical (unpaired) electrons. The number of rotatable bonds is 7. The first-order valence-corrected chi connectivity index (χ1v) is 8.74. The monoisotopic (exact) mass is 374 g/mol. The van der Waals surface area contributed by atoms with E-state index >= 15 is 0 Å². The Morgan fingerprint density at radius 1 is 0.964 bits per heavy atom. The predicted molar refractivity (Wildman–Crippen MR) is 102 cm³/mol. The third kappa shape index (κ3) is 4.47. The quantitative estimate of drug-likeness (QED) is 0.525. The number of benzene rings is 1. The number of anilines is 1. The van der Waals surface area contributed by atoms with Crippen molar-refractivity contribution in [1.29, 1.82) is 0 Å². The molecule has 1 N–H and O–H groups in total. The van der Waals surface area contributed by atoms with Crippen LogP contribution in [0.15, 0.2) is 65.6 Å². The zero-order valence-corrected chi connectivity index (χ0v) is 15.2. The third-order valence-electron chi connectivity index (χ3n) is 3.87. The van der Waals surface area contributed by atoms with Gasteiger partial charge in [0, 0.05) is 12.4 Å². The van der Waals surface area contributed by atoms with Crippen molar-refractivity contribution in [3.8, 4) is 17.2 Å². The predicted octanol–water partition coefficient (Wildman–Crippen LogP) is 3.42. The molecule has 0 aliphatic rings. The molecule has 8 nitrogen and oxygen atoms in total. The summed E-state index contributed by atoms with van der Waals surface area (Å²) >= 11 is 0. The Hall–Kier alpha value is -3.81. The van der Waals surface area contributed by atoms with Crippen LogP contribution in [0.2, 0.25) is 0 Å². The molecule has 4 aromatic rings. The van der Waals surface area contributed by atoms with Crippen LogP contribution in [0.25, 0.3) is 11.5 Å². The summed E-state index contributed by atoms with van der Waals surface area (Å²) in [6, 6.07) is 13.2. The number of para-hydroxylation sites is 1. The Bertz CT molecular complexity index is 1020. The summed E-state index contributed by atoms with van der Waals surface area (Å²) in [4.78, 5) is 17.2. The summed E-state index contributed by atoms with van der Waals surface area (Å²) in [5, 5.41) is 7.15. The SMILES string of the molecule is Cc1cnc(CNc2ccc(-c3nc(COc4ccccc4)no3)cn2)cn1. The van der Waals surface area contributed by atoms with E-state index in [0.717, 1.165) is 28.5 Å². The molecule has 1 aromatic carbocycles. The van der Waals surface area contributed by atoms with Crippen LogP contribution in [0.1, 0.15) is 17.2 Å². The lowest BCUT2D eigenvalue weighted by Crippen LogP contribution is -2.03. The molecule has 140 valence electrons. The summed E-state index contributed by atoms with van der Waals surface area (Å²) in [7, 11) is 0. The lowest BCUT2D eigenvalue weighted by molar-refractivity contribution is 0.287. The second kappa shape index (κ2) is 8.26. The average Bonchev–Trinajstić information content (AvgIpc) is 3.22. The van der Waals surface area contributed by atoms with E-state index in [-0.39, 0.29) is 6.61 Å². The van der Waals surface area contributed by atoms with Crippen molar-refractivity contribution >= 4 is 5.82 Å². The molecule has 0 aliphatic heterocycles. The van der Waals surface area contributed by atoms with Crippen LogP contribution in [0.4, 0.5) is 5.82 Å². The minimum absolute atomic E-state index is 0.234. The van der Waals surface area contributed by atoms with E-state index in [4.69, 9.17) is 9.26 Å². The van der Waals surface area contributed by atoms with Gasteiger partial charge in [-0.3, -0.25) is 9.97 Å². The normalized spacial score (nSPS) is 10.6. The van der Waals surface area contributed by atoms with Gasteiger partial charge in [0.2, 0.25) is 5.82 Å². The van der Waals surface area contributed by atoms with Crippen molar-refractivity contribution in [1.82, 2.24) is 25.1 Å². The van der Waals surface area contributed by atoms with Crippen LogP contribution in [0.3, 0.4) is 0 Å². The maximum Gasteiger partial charge on any atom is 0.259 e. The van der Waals surface area contributed by atoms with E-state index in [0.29, 0.717) is 18.3 Å². The summed E-state index contributed by atoms with van der Waals surface area (Å²) < 4.78 is 10.9. The molecule has 8 heteroatoms. The first-order valence-electron chi connectivity index (χ1n) is 8.74. The second-order valence-electron chi connectivity index (χ2n) is 6.05. The van der Waals surface area contributed by atoms with Crippen molar-refractivity contribution in [2.24, 2.45) is 0 Å². The van der Waals surface area contributed by atoms with Crippen LogP contribution in [-0.4, -0.2) is 25.1 Å². The topological polar surface area (TPSA) is 98.9 Å². The van der Waals surface area contributed by atoms with E-state index in [9.17, 15) is 0 Å². The van der Waals surface area contributed by atoms with Crippen LogP contribution in [0.5, 0.6) is 5.75 Å². The first-order chi connectivity index (χ1) is 13.8. The number of ether oxygens (including phenoxy) is 1. The van der Waals surface area contributed by atoms with E-state index in [2.05, 4.69) is 30.4 Å². The molecular formula is C20H18N6O2. The Morgan fingerprint density at radius 2 is 1.86 bits per heavy atom. The van der Waals surface area contributed by atoms with Crippen LogP contribution >= 0.6 is 0 Å². The van der Waals surface area contributed by atoms with Gasteiger partial charge in [0.25, 0.3) is 5.89 Å². The van der Waals surface area contributed by atoms with Gasteiger partial charge in [-0.1, -0.05) is 23.4 Å². The van der Waals surface area contributed by atoms with E-state index < -0.39 is 0 Å². The largest absolute Gasteiger partial charge is 0.485 e. The van der Waals surface area contributed by atoms with Crippen LogP contribution < -0.4 is 10.1 Å². The smallest absolute Gasteiger partial charge is 0.259 e. The minimum atomic E-state index is 0.234. The van der Waals surface area contributed by atoms with Gasteiger partial charge in [-0.25, -0.2) is 4.98 Å². The van der Waals surface area contributed by atoms with Gasteiger partial charge in [-0.15, -0.1) is 0 Å². The highest BCUT2D eigenvalue weighted by Crippen LogP contribution is 2.18. The summed E-state index contributed by atoms with van der Waals surface area (Å²) in [6.45, 7) is 2.68. The highest BCUT2D eigenvalue weighted by molar-refractivity contribution is 5.54. The van der Waals surface area contributed by atoms with Gasteiger partial charge in [-0.05, 0) is 31.2 Å². The minimum Gasteiger partial charge on any atom is -0.485 e. The van der Waals surface area contributed by atoms with Gasteiger partial charge in [0.15, 0.2) is 6.61 Å². The molecule has 0 amide bonds. The molecule has 0 saturated carbocycles. The van der Waals surface area contributed by atoms with E-state index in [1.807, 2.05) is 49.4 Å². The third-order valence-corrected chi connectivity index (χ3v) is 3.87. The Morgan fingerprint density at radius 3 is 2.61 bits per heavy atom. The lowest BCUT2D eigenvalue weighted by Gasteiger charge is -2.05. The van der Waals surface area contributed by atoms with Gasteiger partial charge in [0.1, 0.15) is 11.6 Å². The first kappa shape index (κ1) is 17.6. The molecule has 3 heterocycles. The Labute approximate surface area is 161 Å². The van der Waals surface area contributed by atoms with Gasteiger partial charge < -0.3 is 14.6 Å². The summed E-state index contributed by atoms with van der Waals surface area (Å²) in [5.74, 6) is 2.34. The number of nitrogens with zero attached hydrogens (tertiary/aromatic N) is 5. The Balaban J connectivity index is 1.34. The summed E-state index contributed by atoms with van der Waals surface area (Å²) in [5.41, 5.74) is 2.47. The standard InChI is InChI=1S/C20H18N6O2/c1-14-9-22-16(11-21-14)12-24-18-8-7-15(10-23-18)20-25-19(26-28-20)13-27-17-5-3-2-4-6-17/h2-11H,12-13H2,1H3,(H,23,24). The molecule has 28 heavy (non-hydrogen) atoms. The maximum atomic E-state index is 5.62. The number of nitrogens with one attached hydrogen (secondary N) is 1. The fourth-order valence-corrected chi connectivity index (χ4v) is 2.41. The maximum absolute atomic E-state index is 5.62. The second-order valence-corrected chi connectivity index (χ2v) is 6.05. The van der Waals surface area contributed by atoms with Crippen molar-refractivity contribution in [3.63, 3.8) is 0 Å². The number of aromatic nitrogens is 5. The molecule has 3 aromatic heterocycles. The van der Waals surface area contributed by atoms with Crippen molar-refractivity contribution in [3.05, 3.63) is 78.3 Å². The van der Waals surface area contributed by atoms with Crippen molar-refractivity contribution < 1.29 is 9.26 Å². The number of aryl methyl sites for hydroxylation is 1. The zero-order valence-electron chi connectivity index (χ0n) is 15.2. The molecule has 0 saturated heterocycles. The van der Waals surface area contributed by atoms with Gasteiger partial charge in [0.05, 0.1) is 29.7 Å². The van der Waals surface area contributed by atoms with E-state index in [1.54, 1.807) is 18.6 Å². The number of hydrogen-bond donors (Lipinski definition) is 1. The van der Waals surface area contributed by atoms with Crippen molar-refractivity contribution in [2.45, 2.75) is 20.1 Å². The zero-order chi connectivity index (χ0) is 19.2. The summed E-state index contributed by atoms with van der Waals surface area (Å²) in [6.07, 6.45) is 5.16.